The maximum absolute atomic E-state index is 13.3. The Hall–Kier alpha value is -3.23. The van der Waals surface area contributed by atoms with E-state index in [4.69, 9.17) is 14.2 Å². The van der Waals surface area contributed by atoms with Gasteiger partial charge in [0.25, 0.3) is 10.2 Å². The second kappa shape index (κ2) is 11.4. The van der Waals surface area contributed by atoms with Crippen molar-refractivity contribution < 1.29 is 41.8 Å². The highest BCUT2D eigenvalue weighted by molar-refractivity contribution is 7.87. The van der Waals surface area contributed by atoms with E-state index in [0.29, 0.717) is 0 Å². The molecule has 13 nitrogen and oxygen atoms in total. The number of β-lactam (4-membered cyclic amide) rings is 1. The third kappa shape index (κ3) is 7.63. The lowest BCUT2D eigenvalue weighted by molar-refractivity contribution is -0.146. The van der Waals surface area contributed by atoms with Gasteiger partial charge in [-0.15, -0.1) is 0 Å². The normalized spacial score (nSPS) is 23.5. The van der Waals surface area contributed by atoms with E-state index in [1.807, 2.05) is 6.07 Å². The van der Waals surface area contributed by atoms with Crippen LogP contribution in [0, 0.1) is 0 Å². The average Bonchev–Trinajstić information content (AvgIpc) is 3.03. The number of hydrogen-bond acceptors (Lipinski definition) is 9. The standard InChI is InChI=1S/C23H32N4O9S/c1-15(28)34-14-17-10-26(11-18-20(21(30)24-18)25-22(31)36-23(2,3)4)37(32,33)27(17)12-19(29)35-13-16-8-6-5-7-9-16/h5-9,17-18,20H,10-14H2,1-4H3,(H,24,30)(H,25,31)/t17-,18+,20-/m0/s1. The molecule has 0 radical (unpaired) electrons. The number of ether oxygens (including phenoxy) is 3. The summed E-state index contributed by atoms with van der Waals surface area (Å²) in [4.78, 5) is 48.0. The Kier molecular flexibility index (Phi) is 8.76. The molecule has 0 bridgehead atoms. The Morgan fingerprint density at radius 1 is 1.14 bits per heavy atom. The third-order valence-electron chi connectivity index (χ3n) is 5.54. The van der Waals surface area contributed by atoms with E-state index in [9.17, 15) is 27.6 Å². The van der Waals surface area contributed by atoms with Crippen LogP contribution in [0.25, 0.3) is 0 Å². The molecule has 2 fully saturated rings. The number of benzene rings is 1. The van der Waals surface area contributed by atoms with Gasteiger partial charge in [-0.2, -0.15) is 17.0 Å². The average molecular weight is 541 g/mol. The molecule has 2 aliphatic heterocycles. The highest BCUT2D eigenvalue weighted by atomic mass is 32.2. The summed E-state index contributed by atoms with van der Waals surface area (Å²) in [6, 6.07) is 6.33. The third-order valence-corrected chi connectivity index (χ3v) is 7.51. The Balaban J connectivity index is 1.66. The highest BCUT2D eigenvalue weighted by Crippen LogP contribution is 2.25. The van der Waals surface area contributed by atoms with Crippen LogP contribution in [0.1, 0.15) is 33.3 Å². The second-order valence-corrected chi connectivity index (χ2v) is 11.6. The quantitative estimate of drug-likeness (QED) is 0.248. The largest absolute Gasteiger partial charge is 0.464 e. The molecule has 3 atom stereocenters. The molecular formula is C23H32N4O9S. The molecule has 0 spiro atoms. The lowest BCUT2D eigenvalue weighted by Gasteiger charge is -2.38. The number of rotatable bonds is 9. The van der Waals surface area contributed by atoms with E-state index in [-0.39, 0.29) is 26.3 Å². The van der Waals surface area contributed by atoms with Crippen LogP contribution in [0.3, 0.4) is 0 Å². The molecule has 3 rings (SSSR count). The number of nitrogens with one attached hydrogen (secondary N) is 2. The van der Waals surface area contributed by atoms with Gasteiger partial charge in [0.2, 0.25) is 5.91 Å². The van der Waals surface area contributed by atoms with E-state index < -0.39 is 64.4 Å². The summed E-state index contributed by atoms with van der Waals surface area (Å²) >= 11 is 0. The molecule has 2 heterocycles. The summed E-state index contributed by atoms with van der Waals surface area (Å²) < 4.78 is 44.0. The molecule has 14 heteroatoms. The van der Waals surface area contributed by atoms with Crippen LogP contribution >= 0.6 is 0 Å². The van der Waals surface area contributed by atoms with Crippen molar-refractivity contribution in [3.63, 3.8) is 0 Å². The predicted octanol–water partition coefficient (Wildman–Crippen LogP) is -0.0844. The van der Waals surface area contributed by atoms with Gasteiger partial charge in [-0.25, -0.2) is 4.79 Å². The van der Waals surface area contributed by atoms with Crippen LogP contribution in [0.15, 0.2) is 30.3 Å². The van der Waals surface area contributed by atoms with Gasteiger partial charge in [0.1, 0.15) is 31.4 Å². The fourth-order valence-corrected chi connectivity index (χ4v) is 5.59. The summed E-state index contributed by atoms with van der Waals surface area (Å²) in [6.45, 7) is 5.03. The van der Waals surface area contributed by atoms with Gasteiger partial charge in [0.05, 0.1) is 12.1 Å². The van der Waals surface area contributed by atoms with Gasteiger partial charge < -0.3 is 24.8 Å². The number of hydrogen-bond donors (Lipinski definition) is 2. The van der Waals surface area contributed by atoms with Crippen molar-refractivity contribution in [2.45, 2.75) is 58.0 Å². The molecule has 0 aliphatic carbocycles. The van der Waals surface area contributed by atoms with Crippen LogP contribution in [0.5, 0.6) is 0 Å². The van der Waals surface area contributed by atoms with E-state index in [1.54, 1.807) is 45.0 Å². The first kappa shape index (κ1) is 28.3. The van der Waals surface area contributed by atoms with Gasteiger partial charge in [0, 0.05) is 20.0 Å². The van der Waals surface area contributed by atoms with Gasteiger partial charge in [-0.05, 0) is 26.3 Å². The molecule has 1 aromatic carbocycles. The lowest BCUT2D eigenvalue weighted by Crippen LogP contribution is -2.72. The molecule has 0 saturated carbocycles. The number of amides is 2. The van der Waals surface area contributed by atoms with Gasteiger partial charge in [0.15, 0.2) is 0 Å². The van der Waals surface area contributed by atoms with E-state index in [0.717, 1.165) is 14.2 Å². The lowest BCUT2D eigenvalue weighted by atomic mass is 9.99. The molecule has 2 saturated heterocycles. The monoisotopic (exact) mass is 540 g/mol. The molecule has 2 aliphatic rings. The van der Waals surface area contributed by atoms with Crippen molar-refractivity contribution in [1.82, 2.24) is 19.2 Å². The van der Waals surface area contributed by atoms with Gasteiger partial charge in [-0.3, -0.25) is 14.4 Å². The van der Waals surface area contributed by atoms with Crippen molar-refractivity contribution >= 4 is 34.1 Å². The SMILES string of the molecule is CC(=O)OC[C@@H]1CN(C[C@H]2NC(=O)[C@H]2NC(=O)OC(C)(C)C)S(=O)(=O)N1CC(=O)OCc1ccccc1. The molecule has 2 N–H and O–H groups in total. The van der Waals surface area contributed by atoms with Crippen LogP contribution < -0.4 is 10.6 Å². The topological polar surface area (TPSA) is 161 Å². The van der Waals surface area contributed by atoms with Gasteiger partial charge >= 0.3 is 18.0 Å². The minimum absolute atomic E-state index is 0.0298. The molecule has 37 heavy (non-hydrogen) atoms. The predicted molar refractivity (Wildman–Crippen MR) is 129 cm³/mol. The maximum atomic E-state index is 13.3. The Labute approximate surface area is 215 Å². The zero-order valence-electron chi connectivity index (χ0n) is 21.1. The molecule has 0 unspecified atom stereocenters. The van der Waals surface area contributed by atoms with Crippen LogP contribution in [-0.4, -0.2) is 90.9 Å². The molecule has 1 aromatic rings. The maximum Gasteiger partial charge on any atom is 0.408 e. The number of esters is 2. The van der Waals surface area contributed by atoms with Crippen molar-refractivity contribution in [1.29, 1.82) is 0 Å². The number of carbonyl (C=O) groups is 4. The molecule has 2 amide bonds. The van der Waals surface area contributed by atoms with Crippen LogP contribution in [0.4, 0.5) is 4.79 Å². The van der Waals surface area contributed by atoms with Crippen molar-refractivity contribution in [3.8, 4) is 0 Å². The highest BCUT2D eigenvalue weighted by Gasteiger charge is 2.50. The fourth-order valence-electron chi connectivity index (χ4n) is 3.81. The minimum atomic E-state index is -4.19. The Morgan fingerprint density at radius 3 is 2.41 bits per heavy atom. The fraction of sp³-hybridized carbons (Fsp3) is 0.565. The number of carbonyl (C=O) groups excluding carboxylic acids is 4. The van der Waals surface area contributed by atoms with E-state index in [1.165, 1.54) is 6.92 Å². The molecule has 204 valence electrons. The zero-order chi connectivity index (χ0) is 27.4. The number of alkyl carbamates (subject to hydrolysis) is 1. The second-order valence-electron chi connectivity index (χ2n) is 9.71. The summed E-state index contributed by atoms with van der Waals surface area (Å²) in [6.07, 6.45) is -0.808. The zero-order valence-corrected chi connectivity index (χ0v) is 21.9. The van der Waals surface area contributed by atoms with Gasteiger partial charge in [-0.1, -0.05) is 30.3 Å². The summed E-state index contributed by atoms with van der Waals surface area (Å²) in [5.41, 5.74) is -0.0417. The Morgan fingerprint density at radius 2 is 1.81 bits per heavy atom. The van der Waals surface area contributed by atoms with Crippen molar-refractivity contribution in [2.75, 3.05) is 26.2 Å². The van der Waals surface area contributed by atoms with Crippen LogP contribution in [-0.2, 0) is 45.4 Å². The smallest absolute Gasteiger partial charge is 0.408 e. The molecule has 0 aromatic heterocycles. The van der Waals surface area contributed by atoms with Crippen LogP contribution in [0.2, 0.25) is 0 Å². The first-order chi connectivity index (χ1) is 17.3. The number of nitrogens with zero attached hydrogens (tertiary/aromatic N) is 2. The molecular weight excluding hydrogens is 508 g/mol. The summed E-state index contributed by atoms with van der Waals surface area (Å²) in [5, 5.41) is 5.02. The minimum Gasteiger partial charge on any atom is -0.464 e. The first-order valence-corrected chi connectivity index (χ1v) is 13.1. The van der Waals surface area contributed by atoms with E-state index >= 15 is 0 Å². The summed E-state index contributed by atoms with van der Waals surface area (Å²) in [5.74, 6) is -1.86. The van der Waals surface area contributed by atoms with E-state index in [2.05, 4.69) is 10.6 Å². The first-order valence-electron chi connectivity index (χ1n) is 11.7. The Bertz CT molecular complexity index is 1120. The van der Waals surface area contributed by atoms with Crippen molar-refractivity contribution in [3.05, 3.63) is 35.9 Å². The van der Waals surface area contributed by atoms with Crippen molar-refractivity contribution in [2.24, 2.45) is 0 Å². The summed E-state index contributed by atoms with van der Waals surface area (Å²) in [7, 11) is -4.19.